The predicted octanol–water partition coefficient (Wildman–Crippen LogP) is 1.57. The van der Waals surface area contributed by atoms with Gasteiger partial charge in [-0.1, -0.05) is 18.2 Å². The van der Waals surface area contributed by atoms with Crippen LogP contribution in [0.5, 0.6) is 0 Å². The summed E-state index contributed by atoms with van der Waals surface area (Å²) < 4.78 is 1.66. The molecule has 1 saturated heterocycles. The van der Waals surface area contributed by atoms with Crippen LogP contribution in [-0.4, -0.2) is 64.6 Å². The van der Waals surface area contributed by atoms with Crippen LogP contribution in [0.2, 0.25) is 0 Å². The van der Waals surface area contributed by atoms with E-state index in [1.54, 1.807) is 22.7 Å². The van der Waals surface area contributed by atoms with E-state index in [2.05, 4.69) is 34.7 Å². The molecule has 1 N–H and O–H groups in total. The van der Waals surface area contributed by atoms with Gasteiger partial charge in [-0.15, -0.1) is 0 Å². The maximum atomic E-state index is 13.0. The summed E-state index contributed by atoms with van der Waals surface area (Å²) in [6.07, 6.45) is 1.88. The van der Waals surface area contributed by atoms with Crippen LogP contribution in [-0.2, 0) is 12.0 Å². The molecule has 1 fully saturated rings. The number of hydrogen-bond donors (Lipinski definition) is 1. The van der Waals surface area contributed by atoms with Gasteiger partial charge >= 0.3 is 0 Å². The van der Waals surface area contributed by atoms with E-state index in [1.807, 2.05) is 4.90 Å². The molecule has 7 heteroatoms. The first kappa shape index (κ1) is 16.4. The molecule has 1 aromatic heterocycles. The molecule has 1 spiro atoms. The average Bonchev–Trinajstić information content (AvgIpc) is 3.28. The number of likely N-dealkylation sites (N-methyl/N-ethyl adjacent to an activating group) is 1. The second-order valence-corrected chi connectivity index (χ2v) is 7.84. The predicted molar refractivity (Wildman–Crippen MR) is 101 cm³/mol. The molecule has 4 heterocycles. The summed E-state index contributed by atoms with van der Waals surface area (Å²) in [5.41, 5.74) is 3.62. The highest BCUT2D eigenvalue weighted by molar-refractivity contribution is 5.98. The highest BCUT2D eigenvalue weighted by Crippen LogP contribution is 2.43. The molecular weight excluding hydrogens is 342 g/mol. The summed E-state index contributed by atoms with van der Waals surface area (Å²) in [4.78, 5) is 28.8. The molecule has 3 aliphatic heterocycles. The van der Waals surface area contributed by atoms with Crippen LogP contribution in [0.3, 0.4) is 0 Å². The number of anilines is 1. The number of benzene rings is 1. The van der Waals surface area contributed by atoms with E-state index in [-0.39, 0.29) is 17.2 Å². The van der Waals surface area contributed by atoms with E-state index in [0.717, 1.165) is 19.4 Å². The van der Waals surface area contributed by atoms with Crippen LogP contribution in [0, 0.1) is 0 Å². The Morgan fingerprint density at radius 1 is 1.15 bits per heavy atom. The number of rotatable bonds is 1. The zero-order valence-corrected chi connectivity index (χ0v) is 15.4. The van der Waals surface area contributed by atoms with Gasteiger partial charge in [0.15, 0.2) is 5.69 Å². The number of carbonyl (C=O) groups is 2. The van der Waals surface area contributed by atoms with Gasteiger partial charge in [0.05, 0.1) is 6.54 Å². The van der Waals surface area contributed by atoms with Crippen LogP contribution < -0.4 is 5.32 Å². The normalized spacial score (nSPS) is 20.4. The van der Waals surface area contributed by atoms with Crippen molar-refractivity contribution in [2.24, 2.45) is 0 Å². The lowest BCUT2D eigenvalue weighted by molar-refractivity contribution is 0.0667. The maximum absolute atomic E-state index is 13.0. The maximum Gasteiger partial charge on any atom is 0.274 e. The molecule has 2 aromatic rings. The number of likely N-dealkylation sites (tertiary alicyclic amines) is 1. The van der Waals surface area contributed by atoms with Gasteiger partial charge in [-0.05, 0) is 24.5 Å². The molecule has 1 aromatic carbocycles. The van der Waals surface area contributed by atoms with Gasteiger partial charge in [-0.2, -0.15) is 5.10 Å². The lowest BCUT2D eigenvalue weighted by atomic mass is 9.74. The van der Waals surface area contributed by atoms with Crippen LogP contribution >= 0.6 is 0 Å². The Bertz CT molecular complexity index is 926. The van der Waals surface area contributed by atoms with E-state index in [4.69, 9.17) is 0 Å². The van der Waals surface area contributed by atoms with E-state index in [1.165, 1.54) is 11.3 Å². The molecular formula is C20H23N5O2. The number of nitrogens with one attached hydrogen (secondary N) is 1. The fraction of sp³-hybridized carbons (Fsp3) is 0.450. The first-order valence-corrected chi connectivity index (χ1v) is 9.53. The topological polar surface area (TPSA) is 70.5 Å². The average molecular weight is 365 g/mol. The Morgan fingerprint density at radius 3 is 2.74 bits per heavy atom. The van der Waals surface area contributed by atoms with Crippen molar-refractivity contribution in [2.45, 2.75) is 24.8 Å². The number of nitrogens with zero attached hydrogens (tertiary/aromatic N) is 4. The first-order chi connectivity index (χ1) is 13.1. The Morgan fingerprint density at radius 2 is 1.93 bits per heavy atom. The minimum atomic E-state index is -0.0703. The van der Waals surface area contributed by atoms with Gasteiger partial charge in [0.25, 0.3) is 11.8 Å². The highest BCUT2D eigenvalue weighted by atomic mass is 16.2. The first-order valence-electron chi connectivity index (χ1n) is 9.53. The Hall–Kier alpha value is -2.83. The number of amides is 2. The number of hydrogen-bond acceptors (Lipinski definition) is 4. The fourth-order valence-electron chi connectivity index (χ4n) is 4.61. The number of piperidine rings is 1. The van der Waals surface area contributed by atoms with E-state index in [9.17, 15) is 9.59 Å². The fourth-order valence-corrected chi connectivity index (χ4v) is 4.61. The number of carbonyl (C=O) groups excluding carboxylic acids is 2. The van der Waals surface area contributed by atoms with Crippen molar-refractivity contribution in [1.82, 2.24) is 19.6 Å². The molecule has 2 amide bonds. The van der Waals surface area contributed by atoms with E-state index >= 15 is 0 Å². The van der Waals surface area contributed by atoms with Crippen molar-refractivity contribution in [2.75, 3.05) is 38.5 Å². The van der Waals surface area contributed by atoms with Crippen molar-refractivity contribution in [3.8, 4) is 0 Å². The quantitative estimate of drug-likeness (QED) is 0.833. The monoisotopic (exact) mass is 365 g/mol. The highest BCUT2D eigenvalue weighted by Gasteiger charge is 2.42. The standard InChI is InChI=1S/C20H23N5O2/c1-23-10-11-25-17(19(23)27)12-16(22-25)18(26)24-8-6-20(7-9-24)13-21-15-5-3-2-4-14(15)20/h2-5,12,21H,6-11,13H2,1H3. The Labute approximate surface area is 157 Å². The molecule has 0 unspecified atom stereocenters. The SMILES string of the molecule is CN1CCn2nc(C(=O)N3CCC4(CC3)CNc3ccccc34)cc2C1=O. The summed E-state index contributed by atoms with van der Waals surface area (Å²) in [5, 5.41) is 7.92. The van der Waals surface area contributed by atoms with Crippen molar-refractivity contribution < 1.29 is 9.59 Å². The summed E-state index contributed by atoms with van der Waals surface area (Å²) in [6, 6.07) is 10.1. The van der Waals surface area contributed by atoms with Gasteiger partial charge in [-0.25, -0.2) is 0 Å². The van der Waals surface area contributed by atoms with Crippen LogP contribution in [0.25, 0.3) is 0 Å². The number of fused-ring (bicyclic) bond motifs is 3. The van der Waals surface area contributed by atoms with Gasteiger partial charge < -0.3 is 15.1 Å². The zero-order valence-electron chi connectivity index (χ0n) is 15.4. The van der Waals surface area contributed by atoms with E-state index < -0.39 is 0 Å². The molecule has 27 heavy (non-hydrogen) atoms. The van der Waals surface area contributed by atoms with Crippen LogP contribution in [0.15, 0.2) is 30.3 Å². The second kappa shape index (κ2) is 5.84. The number of aromatic nitrogens is 2. The summed E-state index contributed by atoms with van der Waals surface area (Å²) in [7, 11) is 1.78. The third kappa shape index (κ3) is 2.44. The Kier molecular flexibility index (Phi) is 3.54. The molecule has 5 rings (SSSR count). The van der Waals surface area contributed by atoms with Gasteiger partial charge in [0, 0.05) is 50.4 Å². The minimum Gasteiger partial charge on any atom is -0.384 e. The summed E-state index contributed by atoms with van der Waals surface area (Å²) >= 11 is 0. The summed E-state index contributed by atoms with van der Waals surface area (Å²) in [5.74, 6) is -0.138. The van der Waals surface area contributed by atoms with Gasteiger partial charge in [0.1, 0.15) is 5.69 Å². The minimum absolute atomic E-state index is 0.0681. The second-order valence-electron chi connectivity index (χ2n) is 7.84. The van der Waals surface area contributed by atoms with Crippen molar-refractivity contribution in [3.05, 3.63) is 47.3 Å². The Balaban J connectivity index is 1.33. The third-order valence-electron chi connectivity index (χ3n) is 6.34. The zero-order chi connectivity index (χ0) is 18.6. The van der Waals surface area contributed by atoms with Crippen molar-refractivity contribution >= 4 is 17.5 Å². The molecule has 140 valence electrons. The lowest BCUT2D eigenvalue weighted by Gasteiger charge is -2.39. The molecule has 3 aliphatic rings. The molecule has 0 atom stereocenters. The lowest BCUT2D eigenvalue weighted by Crippen LogP contribution is -2.46. The van der Waals surface area contributed by atoms with E-state index in [0.29, 0.717) is 37.6 Å². The smallest absolute Gasteiger partial charge is 0.274 e. The van der Waals surface area contributed by atoms with Crippen molar-refractivity contribution in [1.29, 1.82) is 0 Å². The molecule has 0 aliphatic carbocycles. The molecule has 0 bridgehead atoms. The molecule has 0 saturated carbocycles. The number of para-hydroxylation sites is 1. The largest absolute Gasteiger partial charge is 0.384 e. The summed E-state index contributed by atoms with van der Waals surface area (Å²) in [6.45, 7) is 3.62. The molecule has 7 nitrogen and oxygen atoms in total. The van der Waals surface area contributed by atoms with Crippen molar-refractivity contribution in [3.63, 3.8) is 0 Å². The van der Waals surface area contributed by atoms with Gasteiger partial charge in [0.2, 0.25) is 0 Å². The third-order valence-corrected chi connectivity index (χ3v) is 6.34. The van der Waals surface area contributed by atoms with Crippen LogP contribution in [0.1, 0.15) is 39.4 Å². The van der Waals surface area contributed by atoms with Gasteiger partial charge in [-0.3, -0.25) is 14.3 Å². The van der Waals surface area contributed by atoms with Crippen LogP contribution in [0.4, 0.5) is 5.69 Å². The molecule has 0 radical (unpaired) electrons.